The number of ether oxygens (including phenoxy) is 2. The van der Waals surface area contributed by atoms with Crippen molar-refractivity contribution < 1.29 is 23.9 Å². The van der Waals surface area contributed by atoms with Crippen molar-refractivity contribution in [2.75, 3.05) is 6.61 Å². The molecule has 0 fully saturated rings. The lowest BCUT2D eigenvalue weighted by atomic mass is 10.0. The third-order valence-corrected chi connectivity index (χ3v) is 4.14. The fourth-order valence-corrected chi connectivity index (χ4v) is 2.81. The number of carbonyl (C=O) groups excluding carboxylic acids is 3. The molecule has 1 aromatic carbocycles. The number of halogens is 1. The molecule has 1 heterocycles. The van der Waals surface area contributed by atoms with Crippen molar-refractivity contribution in [2.45, 2.75) is 33.8 Å². The summed E-state index contributed by atoms with van der Waals surface area (Å²) in [6.07, 6.45) is -1.01. The maximum atomic E-state index is 12.5. The number of aromatic nitrogens is 1. The Morgan fingerprint density at radius 2 is 1.77 bits per heavy atom. The second-order valence-corrected chi connectivity index (χ2v) is 6.36. The molecule has 0 saturated carbocycles. The summed E-state index contributed by atoms with van der Waals surface area (Å²) in [5.41, 5.74) is 1.92. The minimum atomic E-state index is -1.01. The van der Waals surface area contributed by atoms with Gasteiger partial charge in [0.2, 0.25) is 5.78 Å². The first-order valence-corrected chi connectivity index (χ1v) is 8.40. The smallest absolute Gasteiger partial charge is 0.344 e. The van der Waals surface area contributed by atoms with Gasteiger partial charge in [-0.25, -0.2) is 4.79 Å². The second-order valence-electron chi connectivity index (χ2n) is 5.92. The van der Waals surface area contributed by atoms with Crippen LogP contribution < -0.4 is 4.74 Å². The molecule has 1 N–H and O–H groups in total. The number of benzene rings is 1. The Bertz CT molecular complexity index is 838. The molecule has 0 spiro atoms. The van der Waals surface area contributed by atoms with E-state index in [-0.39, 0.29) is 18.1 Å². The SMILES string of the molecule is CC(=O)c1c(C)[nH]c(C(=O)[C@H](C)OC(=O)COc2ccc(Cl)cc2)c1C. The van der Waals surface area contributed by atoms with Crippen molar-refractivity contribution in [3.63, 3.8) is 0 Å². The van der Waals surface area contributed by atoms with Crippen molar-refractivity contribution in [1.29, 1.82) is 0 Å². The predicted octanol–water partition coefficient (Wildman–Crippen LogP) is 3.68. The third-order valence-electron chi connectivity index (χ3n) is 3.88. The molecule has 0 aliphatic carbocycles. The van der Waals surface area contributed by atoms with Gasteiger partial charge in [-0.05, 0) is 57.5 Å². The molecule has 2 aromatic rings. The number of esters is 1. The van der Waals surface area contributed by atoms with Gasteiger partial charge < -0.3 is 14.5 Å². The van der Waals surface area contributed by atoms with Crippen LogP contribution in [0.5, 0.6) is 5.75 Å². The van der Waals surface area contributed by atoms with Crippen LogP contribution >= 0.6 is 11.6 Å². The topological polar surface area (TPSA) is 85.5 Å². The van der Waals surface area contributed by atoms with Gasteiger partial charge in [0.25, 0.3) is 0 Å². The molecule has 138 valence electrons. The molecule has 0 unspecified atom stereocenters. The molecule has 0 radical (unpaired) electrons. The van der Waals surface area contributed by atoms with Crippen LogP contribution in [0.2, 0.25) is 5.02 Å². The summed E-state index contributed by atoms with van der Waals surface area (Å²) in [7, 11) is 0. The van der Waals surface area contributed by atoms with Gasteiger partial charge in [-0.15, -0.1) is 0 Å². The van der Waals surface area contributed by atoms with E-state index in [0.29, 0.717) is 27.6 Å². The minimum Gasteiger partial charge on any atom is -0.482 e. The van der Waals surface area contributed by atoms with E-state index in [1.165, 1.54) is 13.8 Å². The Balaban J connectivity index is 1.98. The number of ketones is 2. The molecular formula is C19H20ClNO5. The van der Waals surface area contributed by atoms with Crippen molar-refractivity contribution in [3.8, 4) is 5.75 Å². The lowest BCUT2D eigenvalue weighted by molar-refractivity contribution is -0.148. The molecule has 0 saturated heterocycles. The Kier molecular flexibility index (Phi) is 6.21. The summed E-state index contributed by atoms with van der Waals surface area (Å²) in [5.74, 6) is -0.741. The lowest BCUT2D eigenvalue weighted by Crippen LogP contribution is -2.28. The molecule has 1 aromatic heterocycles. The second kappa shape index (κ2) is 8.19. The van der Waals surface area contributed by atoms with Crippen LogP contribution in [0.3, 0.4) is 0 Å². The normalized spacial score (nSPS) is 11.7. The van der Waals surface area contributed by atoms with Gasteiger partial charge in [0.05, 0.1) is 5.69 Å². The van der Waals surface area contributed by atoms with Gasteiger partial charge in [0.1, 0.15) is 5.75 Å². The largest absolute Gasteiger partial charge is 0.482 e. The molecule has 0 bridgehead atoms. The number of aromatic amines is 1. The van der Waals surface area contributed by atoms with Gasteiger partial charge in [-0.3, -0.25) is 9.59 Å². The van der Waals surface area contributed by atoms with E-state index in [2.05, 4.69) is 4.98 Å². The third kappa shape index (κ3) is 4.52. The number of Topliss-reactive ketones (excluding diaryl/α,β-unsaturated/α-hetero) is 2. The lowest BCUT2D eigenvalue weighted by Gasteiger charge is -2.13. The number of hydrogen-bond donors (Lipinski definition) is 1. The highest BCUT2D eigenvalue weighted by Crippen LogP contribution is 2.20. The molecule has 0 amide bonds. The Hall–Kier alpha value is -2.60. The fraction of sp³-hybridized carbons (Fsp3) is 0.316. The van der Waals surface area contributed by atoms with Gasteiger partial charge in [-0.1, -0.05) is 11.6 Å². The van der Waals surface area contributed by atoms with Gasteiger partial charge in [0, 0.05) is 16.3 Å². The van der Waals surface area contributed by atoms with E-state index < -0.39 is 17.9 Å². The van der Waals surface area contributed by atoms with Crippen molar-refractivity contribution in [1.82, 2.24) is 4.98 Å². The van der Waals surface area contributed by atoms with Crippen molar-refractivity contribution >= 4 is 29.1 Å². The first-order chi connectivity index (χ1) is 12.2. The average Bonchev–Trinajstić information content (AvgIpc) is 2.88. The number of H-pyrrole nitrogens is 1. The van der Waals surface area contributed by atoms with Crippen LogP contribution in [-0.4, -0.2) is 35.2 Å². The van der Waals surface area contributed by atoms with E-state index in [4.69, 9.17) is 21.1 Å². The summed E-state index contributed by atoms with van der Waals surface area (Å²) in [4.78, 5) is 39.0. The molecule has 2 rings (SSSR count). The van der Waals surface area contributed by atoms with E-state index in [1.54, 1.807) is 38.1 Å². The average molecular weight is 378 g/mol. The highest BCUT2D eigenvalue weighted by Gasteiger charge is 2.26. The molecule has 7 heteroatoms. The molecule has 6 nitrogen and oxygen atoms in total. The first-order valence-electron chi connectivity index (χ1n) is 8.02. The van der Waals surface area contributed by atoms with E-state index in [0.717, 1.165) is 0 Å². The number of nitrogens with one attached hydrogen (secondary N) is 1. The van der Waals surface area contributed by atoms with E-state index >= 15 is 0 Å². The van der Waals surface area contributed by atoms with Gasteiger partial charge in [-0.2, -0.15) is 0 Å². The minimum absolute atomic E-state index is 0.128. The summed E-state index contributed by atoms with van der Waals surface area (Å²) in [5, 5.41) is 0.556. The highest BCUT2D eigenvalue weighted by atomic mass is 35.5. The predicted molar refractivity (Wildman–Crippen MR) is 97.1 cm³/mol. The van der Waals surface area contributed by atoms with E-state index in [9.17, 15) is 14.4 Å². The maximum Gasteiger partial charge on any atom is 0.344 e. The van der Waals surface area contributed by atoms with Crippen LogP contribution in [-0.2, 0) is 9.53 Å². The van der Waals surface area contributed by atoms with E-state index in [1.807, 2.05) is 0 Å². The molecule has 1 atom stereocenters. The summed E-state index contributed by atoms with van der Waals surface area (Å²) in [6.45, 7) is 5.99. The monoisotopic (exact) mass is 377 g/mol. The molecule has 0 aliphatic rings. The zero-order chi connectivity index (χ0) is 19.4. The van der Waals surface area contributed by atoms with Crippen LogP contribution in [0.25, 0.3) is 0 Å². The zero-order valence-electron chi connectivity index (χ0n) is 15.0. The first kappa shape index (κ1) is 19.7. The van der Waals surface area contributed by atoms with Crippen LogP contribution in [0.1, 0.15) is 46.0 Å². The molecule has 26 heavy (non-hydrogen) atoms. The van der Waals surface area contributed by atoms with Crippen molar-refractivity contribution in [3.05, 3.63) is 51.8 Å². The number of carbonyl (C=O) groups is 3. The number of hydrogen-bond acceptors (Lipinski definition) is 5. The Morgan fingerprint density at radius 1 is 1.15 bits per heavy atom. The summed E-state index contributed by atoms with van der Waals surface area (Å²) < 4.78 is 10.4. The summed E-state index contributed by atoms with van der Waals surface area (Å²) in [6, 6.07) is 6.52. The molecular weight excluding hydrogens is 358 g/mol. The quantitative estimate of drug-likeness (QED) is 0.587. The molecule has 0 aliphatic heterocycles. The zero-order valence-corrected chi connectivity index (χ0v) is 15.8. The highest BCUT2D eigenvalue weighted by molar-refractivity contribution is 6.30. The van der Waals surface area contributed by atoms with Crippen molar-refractivity contribution in [2.24, 2.45) is 0 Å². The fourth-order valence-electron chi connectivity index (χ4n) is 2.69. The van der Waals surface area contributed by atoms with Gasteiger partial charge >= 0.3 is 5.97 Å². The number of aryl methyl sites for hydroxylation is 1. The van der Waals surface area contributed by atoms with Gasteiger partial charge in [0.15, 0.2) is 18.5 Å². The maximum absolute atomic E-state index is 12.5. The Morgan fingerprint density at radius 3 is 2.31 bits per heavy atom. The van der Waals surface area contributed by atoms with Crippen LogP contribution in [0.4, 0.5) is 0 Å². The van der Waals surface area contributed by atoms with Crippen LogP contribution in [0, 0.1) is 13.8 Å². The standard InChI is InChI=1S/C19H20ClNO5/c1-10-17(12(3)22)11(2)21-18(10)19(24)13(4)26-16(23)9-25-15-7-5-14(20)6-8-15/h5-8,13,21H,9H2,1-4H3/t13-/m0/s1. The van der Waals surface area contributed by atoms with Crippen LogP contribution in [0.15, 0.2) is 24.3 Å². The Labute approximate surface area is 156 Å². The number of rotatable bonds is 7. The summed E-state index contributed by atoms with van der Waals surface area (Å²) >= 11 is 5.77.